The van der Waals surface area contributed by atoms with Crippen LogP contribution in [0.1, 0.15) is 49.3 Å². The van der Waals surface area contributed by atoms with Crippen LogP contribution >= 0.6 is 0 Å². The number of nitrogens with zero attached hydrogens (tertiary/aromatic N) is 1. The molecule has 42 heavy (non-hydrogen) atoms. The summed E-state index contributed by atoms with van der Waals surface area (Å²) in [5.41, 5.74) is 2.77. The summed E-state index contributed by atoms with van der Waals surface area (Å²) in [6, 6.07) is 1.38. The number of rotatable bonds is 12. The average Bonchev–Trinajstić information content (AvgIpc) is 3.71. The molecule has 230 valence electrons. The van der Waals surface area contributed by atoms with Crippen molar-refractivity contribution < 1.29 is 31.1 Å². The highest BCUT2D eigenvalue weighted by Gasteiger charge is 2.45. The summed E-state index contributed by atoms with van der Waals surface area (Å²) in [6.07, 6.45) is 10.2. The Morgan fingerprint density at radius 1 is 1.14 bits per heavy atom. The molecule has 0 aromatic heterocycles. The number of hydrogen-bond donors (Lipinski definition) is 2. The molecule has 1 aromatic carbocycles. The number of piperidine rings is 1. The fourth-order valence-electron chi connectivity index (χ4n) is 5.68. The van der Waals surface area contributed by atoms with Crippen LogP contribution in [0, 0.1) is 41.9 Å². The lowest BCUT2D eigenvalue weighted by atomic mass is 9.86. The first kappa shape index (κ1) is 33.5. The number of hydrogen-bond acceptors (Lipinski definition) is 3. The van der Waals surface area contributed by atoms with Gasteiger partial charge in [0, 0.05) is 19.0 Å². The lowest BCUT2D eigenvalue weighted by molar-refractivity contribution is -0.143. The van der Waals surface area contributed by atoms with Crippen LogP contribution in [0.2, 0.25) is 0 Å². The number of allylic oxidation sites excluding steroid dienone is 6. The molecule has 5 atom stereocenters. The van der Waals surface area contributed by atoms with E-state index in [9.17, 15) is 31.1 Å². The van der Waals surface area contributed by atoms with E-state index in [2.05, 4.69) is 35.2 Å². The predicted octanol–water partition coefficient (Wildman–Crippen LogP) is 6.59. The molecule has 1 heterocycles. The van der Waals surface area contributed by atoms with Gasteiger partial charge >= 0.3 is 12.4 Å². The number of benzene rings is 1. The predicted molar refractivity (Wildman–Crippen MR) is 152 cm³/mol. The first-order chi connectivity index (χ1) is 19.8. The highest BCUT2D eigenvalue weighted by atomic mass is 19.4. The molecule has 0 radical (unpaired) electrons. The number of carbonyl (C=O) groups excluding carboxylic acids is 1. The fourth-order valence-corrected chi connectivity index (χ4v) is 5.68. The van der Waals surface area contributed by atoms with Gasteiger partial charge in [-0.1, -0.05) is 43.2 Å². The van der Waals surface area contributed by atoms with Crippen LogP contribution in [0.15, 0.2) is 54.7 Å². The lowest BCUT2D eigenvalue weighted by Crippen LogP contribution is -2.41. The number of alkyl halides is 6. The van der Waals surface area contributed by atoms with E-state index in [0.29, 0.717) is 43.5 Å². The second-order valence-electron chi connectivity index (χ2n) is 11.3. The molecule has 10 heteroatoms. The lowest BCUT2D eigenvalue weighted by Gasteiger charge is -2.36. The van der Waals surface area contributed by atoms with Crippen molar-refractivity contribution in [3.8, 4) is 12.3 Å². The first-order valence-corrected chi connectivity index (χ1v) is 14.3. The summed E-state index contributed by atoms with van der Waals surface area (Å²) in [6.45, 7) is 4.64. The van der Waals surface area contributed by atoms with E-state index in [0.717, 1.165) is 32.4 Å². The third-order valence-electron chi connectivity index (χ3n) is 8.15. The highest BCUT2D eigenvalue weighted by molar-refractivity contribution is 5.79. The number of likely N-dealkylation sites (tertiary alicyclic amines) is 1. The number of terminal acetylenes is 1. The molecule has 3 N–H and O–H groups in total. The smallest absolute Gasteiger partial charge is 0.352 e. The Morgan fingerprint density at radius 2 is 1.83 bits per heavy atom. The van der Waals surface area contributed by atoms with Crippen molar-refractivity contribution in [3.63, 3.8) is 0 Å². The van der Waals surface area contributed by atoms with Crippen LogP contribution in [-0.4, -0.2) is 37.0 Å². The van der Waals surface area contributed by atoms with Crippen molar-refractivity contribution in [2.45, 2.75) is 51.5 Å². The topological polar surface area (TPSA) is 58.4 Å². The van der Waals surface area contributed by atoms with Gasteiger partial charge in [-0.3, -0.25) is 4.79 Å². The van der Waals surface area contributed by atoms with Gasteiger partial charge in [0.05, 0.1) is 11.1 Å². The number of halogens is 6. The van der Waals surface area contributed by atoms with Gasteiger partial charge in [-0.15, -0.1) is 6.42 Å². The maximum Gasteiger partial charge on any atom is 0.416 e. The number of nitrogens with one attached hydrogen (secondary N) is 1. The van der Waals surface area contributed by atoms with Gasteiger partial charge in [0.1, 0.15) is 0 Å². The van der Waals surface area contributed by atoms with Crippen LogP contribution in [0.25, 0.3) is 0 Å². The Hall–Kier alpha value is -3.03. The molecule has 0 spiro atoms. The molecule has 3 rings (SSSR count). The molecule has 1 saturated carbocycles. The van der Waals surface area contributed by atoms with Crippen molar-refractivity contribution in [1.82, 2.24) is 10.2 Å². The molecule has 1 aliphatic carbocycles. The molecule has 0 bridgehead atoms. The quantitative estimate of drug-likeness (QED) is 0.124. The Balaban J connectivity index is 1.57. The first-order valence-electron chi connectivity index (χ1n) is 14.3. The SMILES string of the molecule is C#C/C=C\C=C/C/C=C\C1CCN(CCC(C(=O)NCc2cc(C(F)(F)F)cc(C(F)(F)F)c2)C2CC2CN)CC1C. The minimum absolute atomic E-state index is 0.0590. The van der Waals surface area contributed by atoms with Crippen LogP contribution in [0.3, 0.4) is 0 Å². The van der Waals surface area contributed by atoms with E-state index >= 15 is 0 Å². The molecule has 5 unspecified atom stereocenters. The zero-order chi connectivity index (χ0) is 30.9. The molecular formula is C32H39F6N3O. The zero-order valence-electron chi connectivity index (χ0n) is 23.7. The average molecular weight is 596 g/mol. The van der Waals surface area contributed by atoms with E-state index in [1.54, 1.807) is 6.08 Å². The van der Waals surface area contributed by atoms with Crippen molar-refractivity contribution in [1.29, 1.82) is 0 Å². The summed E-state index contributed by atoms with van der Waals surface area (Å²) in [5.74, 6) is 2.79. The van der Waals surface area contributed by atoms with Crippen molar-refractivity contribution in [2.24, 2.45) is 35.3 Å². The normalized spacial score (nSPS) is 24.4. The number of amides is 1. The summed E-state index contributed by atoms with van der Waals surface area (Å²) >= 11 is 0. The third kappa shape index (κ3) is 10.1. The van der Waals surface area contributed by atoms with Crippen LogP contribution in [0.5, 0.6) is 0 Å². The van der Waals surface area contributed by atoms with E-state index in [1.165, 1.54) is 0 Å². The summed E-state index contributed by atoms with van der Waals surface area (Å²) in [5, 5.41) is 2.61. The van der Waals surface area contributed by atoms with Crippen LogP contribution in [0.4, 0.5) is 26.3 Å². The van der Waals surface area contributed by atoms with Gasteiger partial charge in [0.15, 0.2) is 0 Å². The highest BCUT2D eigenvalue weighted by Crippen LogP contribution is 2.45. The van der Waals surface area contributed by atoms with Gasteiger partial charge in [-0.25, -0.2) is 0 Å². The van der Waals surface area contributed by atoms with Gasteiger partial charge in [-0.2, -0.15) is 26.3 Å². The molecule has 1 aromatic rings. The minimum atomic E-state index is -4.94. The Kier molecular flexibility index (Phi) is 11.9. The molecule has 1 amide bonds. The largest absolute Gasteiger partial charge is 0.416 e. The summed E-state index contributed by atoms with van der Waals surface area (Å²) in [7, 11) is 0. The van der Waals surface area contributed by atoms with Gasteiger partial charge in [-0.05, 0) is 98.8 Å². The van der Waals surface area contributed by atoms with Crippen LogP contribution in [-0.2, 0) is 23.7 Å². The molecule has 1 aliphatic heterocycles. The van der Waals surface area contributed by atoms with Crippen molar-refractivity contribution in [3.05, 3.63) is 71.3 Å². The number of nitrogens with two attached hydrogens (primary N) is 1. The van der Waals surface area contributed by atoms with E-state index in [4.69, 9.17) is 12.2 Å². The molecule has 2 fully saturated rings. The molecule has 2 aliphatic rings. The molecule has 4 nitrogen and oxygen atoms in total. The summed E-state index contributed by atoms with van der Waals surface area (Å²) < 4.78 is 79.4. The Morgan fingerprint density at radius 3 is 2.40 bits per heavy atom. The van der Waals surface area contributed by atoms with E-state index in [-0.39, 0.29) is 29.4 Å². The minimum Gasteiger partial charge on any atom is -0.352 e. The standard InChI is InChI=1S/C32H39F6N3O/c1-3-4-5-6-7-8-9-10-24-11-13-41(21-22(24)2)14-12-28(29-17-25(29)19-39)30(42)40-20-23-15-26(31(33,34)35)18-27(16-23)32(36,37)38/h1,4-7,9-10,15-16,18,22,24-25,28-29H,8,11-14,17,19-21,39H2,2H3,(H,40,42)/b5-4-,7-6-,10-9-. The maximum absolute atomic E-state index is 13.2. The van der Waals surface area contributed by atoms with E-state index < -0.39 is 35.9 Å². The van der Waals surface area contributed by atoms with Crippen molar-refractivity contribution >= 4 is 5.91 Å². The maximum atomic E-state index is 13.2. The van der Waals surface area contributed by atoms with Gasteiger partial charge in [0.2, 0.25) is 5.91 Å². The Bertz CT molecular complexity index is 1150. The Labute approximate surface area is 244 Å². The molecular weight excluding hydrogens is 556 g/mol. The number of carbonyl (C=O) groups is 1. The molecule has 1 saturated heterocycles. The summed E-state index contributed by atoms with van der Waals surface area (Å²) in [4.78, 5) is 15.5. The van der Waals surface area contributed by atoms with E-state index in [1.807, 2.05) is 18.2 Å². The second kappa shape index (κ2) is 14.9. The second-order valence-corrected chi connectivity index (χ2v) is 11.3. The monoisotopic (exact) mass is 595 g/mol. The van der Waals surface area contributed by atoms with Gasteiger partial charge in [0.25, 0.3) is 0 Å². The zero-order valence-corrected chi connectivity index (χ0v) is 23.7. The third-order valence-corrected chi connectivity index (χ3v) is 8.15. The van der Waals surface area contributed by atoms with Gasteiger partial charge < -0.3 is 16.0 Å². The van der Waals surface area contributed by atoms with Crippen LogP contribution < -0.4 is 11.1 Å². The fraction of sp³-hybridized carbons (Fsp3) is 0.531. The van der Waals surface area contributed by atoms with Crippen molar-refractivity contribution in [2.75, 3.05) is 26.2 Å².